The largest absolute Gasteiger partial charge is 0.611 e. The Morgan fingerprint density at radius 1 is 0.400 bits per heavy atom. The van der Waals surface area contributed by atoms with Crippen LogP contribution in [0.1, 0.15) is 0 Å². The van der Waals surface area contributed by atoms with Gasteiger partial charge in [-0.3, -0.25) is 0 Å². The lowest BCUT2D eigenvalue weighted by molar-refractivity contribution is -0.367. The normalized spacial score (nSPS) is 10.8. The van der Waals surface area contributed by atoms with Crippen LogP contribution in [-0.2, 0) is 0 Å². The summed E-state index contributed by atoms with van der Waals surface area (Å²) >= 11 is 6.02. The van der Waals surface area contributed by atoms with Crippen molar-refractivity contribution in [3.05, 3.63) is 120 Å². The fourth-order valence-corrected chi connectivity index (χ4v) is 2.80. The first-order chi connectivity index (χ1) is 14.7. The van der Waals surface area contributed by atoms with Crippen LogP contribution >= 0.6 is 11.6 Å². The van der Waals surface area contributed by atoms with Crippen LogP contribution in [0.25, 0.3) is 0 Å². The van der Waals surface area contributed by atoms with Gasteiger partial charge in [0.05, 0.1) is 0 Å². The second-order valence-corrected chi connectivity index (χ2v) is 6.74. The van der Waals surface area contributed by atoms with Crippen molar-refractivity contribution in [1.29, 1.82) is 0 Å². The zero-order valence-electron chi connectivity index (χ0n) is 16.0. The zero-order valence-corrected chi connectivity index (χ0v) is 16.7. The summed E-state index contributed by atoms with van der Waals surface area (Å²) in [6.07, 6.45) is -1.93. The van der Waals surface area contributed by atoms with E-state index >= 15 is 0 Å². The number of ether oxygens (including phenoxy) is 4. The van der Waals surface area contributed by atoms with Crippen molar-refractivity contribution in [2.45, 2.75) is 6.16 Å². The summed E-state index contributed by atoms with van der Waals surface area (Å²) in [5.41, 5.74) is 0. The molecule has 0 aliphatic carbocycles. The summed E-state index contributed by atoms with van der Waals surface area (Å²) < 4.78 is 24.6. The SMILES string of the molecule is Clc1ccc(OC(Oc2ccccc2)(Oc2ccccc2)Oc2ccccc2)cc1. The first-order valence-electron chi connectivity index (χ1n) is 9.38. The molecule has 5 heteroatoms. The molecule has 0 aliphatic rings. The lowest BCUT2D eigenvalue weighted by Crippen LogP contribution is -2.53. The van der Waals surface area contributed by atoms with E-state index in [-0.39, 0.29) is 0 Å². The first-order valence-corrected chi connectivity index (χ1v) is 9.75. The van der Waals surface area contributed by atoms with Gasteiger partial charge in [-0.1, -0.05) is 66.2 Å². The average molecular weight is 419 g/mol. The number of rotatable bonds is 8. The molecule has 0 N–H and O–H groups in total. The predicted octanol–water partition coefficient (Wildman–Crippen LogP) is 6.57. The maximum absolute atomic E-state index is 6.14. The summed E-state index contributed by atoms with van der Waals surface area (Å²) in [6, 6.07) is 34.4. The molecule has 4 aromatic rings. The molecular weight excluding hydrogens is 400 g/mol. The molecule has 0 bridgehead atoms. The van der Waals surface area contributed by atoms with Crippen LogP contribution in [0.4, 0.5) is 0 Å². The Morgan fingerprint density at radius 3 is 1.03 bits per heavy atom. The predicted molar refractivity (Wildman–Crippen MR) is 116 cm³/mol. The molecule has 0 saturated heterocycles. The summed E-state index contributed by atoms with van der Waals surface area (Å²) in [4.78, 5) is 0. The van der Waals surface area contributed by atoms with Gasteiger partial charge in [0.15, 0.2) is 0 Å². The monoisotopic (exact) mass is 418 g/mol. The van der Waals surface area contributed by atoms with E-state index in [0.29, 0.717) is 28.0 Å². The van der Waals surface area contributed by atoms with E-state index in [2.05, 4.69) is 0 Å². The van der Waals surface area contributed by atoms with Crippen LogP contribution in [0, 0.1) is 0 Å². The molecule has 150 valence electrons. The maximum Gasteiger partial charge on any atom is 0.611 e. The Morgan fingerprint density at radius 2 is 0.700 bits per heavy atom. The first kappa shape index (κ1) is 19.7. The van der Waals surface area contributed by atoms with E-state index in [1.807, 2.05) is 54.6 Å². The Labute approximate surface area is 180 Å². The van der Waals surface area contributed by atoms with Crippen molar-refractivity contribution in [1.82, 2.24) is 0 Å². The number of hydrogen-bond donors (Lipinski definition) is 0. The summed E-state index contributed by atoms with van der Waals surface area (Å²) in [6.45, 7) is 0. The van der Waals surface area contributed by atoms with Gasteiger partial charge in [0.1, 0.15) is 23.0 Å². The van der Waals surface area contributed by atoms with Crippen LogP contribution in [0.3, 0.4) is 0 Å². The smallest absolute Gasteiger partial charge is 0.386 e. The molecule has 0 spiro atoms. The quantitative estimate of drug-likeness (QED) is 0.303. The highest BCUT2D eigenvalue weighted by molar-refractivity contribution is 6.30. The average Bonchev–Trinajstić information content (AvgIpc) is 2.77. The highest BCUT2D eigenvalue weighted by atomic mass is 35.5. The molecule has 0 aromatic heterocycles. The third kappa shape index (κ3) is 5.25. The second-order valence-electron chi connectivity index (χ2n) is 6.30. The van der Waals surface area contributed by atoms with Crippen molar-refractivity contribution in [2.24, 2.45) is 0 Å². The molecule has 0 radical (unpaired) electrons. The molecule has 0 heterocycles. The zero-order chi connectivity index (χ0) is 20.7. The van der Waals surface area contributed by atoms with E-state index in [1.165, 1.54) is 0 Å². The number of benzene rings is 4. The van der Waals surface area contributed by atoms with Gasteiger partial charge in [-0.15, -0.1) is 0 Å². The highest BCUT2D eigenvalue weighted by Crippen LogP contribution is 2.30. The number of para-hydroxylation sites is 3. The molecule has 30 heavy (non-hydrogen) atoms. The van der Waals surface area contributed by atoms with Crippen molar-refractivity contribution in [3.63, 3.8) is 0 Å². The van der Waals surface area contributed by atoms with Gasteiger partial charge >= 0.3 is 6.16 Å². The van der Waals surface area contributed by atoms with Gasteiger partial charge in [-0.2, -0.15) is 0 Å². The van der Waals surface area contributed by atoms with Gasteiger partial charge in [-0.25, -0.2) is 0 Å². The van der Waals surface area contributed by atoms with Gasteiger partial charge < -0.3 is 18.9 Å². The third-order valence-corrected chi connectivity index (χ3v) is 4.27. The molecular formula is C25H19ClO4. The van der Waals surface area contributed by atoms with Crippen molar-refractivity contribution >= 4 is 11.6 Å². The Balaban J connectivity index is 1.75. The Hall–Kier alpha value is -3.63. The Kier molecular flexibility index (Phi) is 6.06. The topological polar surface area (TPSA) is 36.9 Å². The fraction of sp³-hybridized carbons (Fsp3) is 0.0400. The van der Waals surface area contributed by atoms with E-state index in [0.717, 1.165) is 0 Å². The van der Waals surface area contributed by atoms with Gasteiger partial charge in [0, 0.05) is 5.02 Å². The van der Waals surface area contributed by atoms with Crippen LogP contribution in [0.2, 0.25) is 5.02 Å². The lowest BCUT2D eigenvalue weighted by atomic mass is 10.3. The minimum absolute atomic E-state index is 0.460. The van der Waals surface area contributed by atoms with E-state index < -0.39 is 6.16 Å². The van der Waals surface area contributed by atoms with Crippen molar-refractivity contribution in [2.75, 3.05) is 0 Å². The molecule has 0 amide bonds. The second kappa shape index (κ2) is 9.25. The van der Waals surface area contributed by atoms with Gasteiger partial charge in [-0.05, 0) is 60.7 Å². The maximum atomic E-state index is 6.14. The molecule has 0 unspecified atom stereocenters. The molecule has 0 aliphatic heterocycles. The molecule has 4 aromatic carbocycles. The fourth-order valence-electron chi connectivity index (χ4n) is 2.67. The van der Waals surface area contributed by atoms with Crippen LogP contribution in [-0.4, -0.2) is 6.16 Å². The molecule has 4 nitrogen and oxygen atoms in total. The van der Waals surface area contributed by atoms with Crippen LogP contribution < -0.4 is 18.9 Å². The Bertz CT molecular complexity index is 937. The standard InChI is InChI=1S/C25H19ClO4/c26-20-16-18-24(19-17-20)30-25(27-21-10-4-1-5-11-21,28-22-12-6-2-7-13-22)29-23-14-8-3-9-15-23/h1-19H. The summed E-state index contributed by atoms with van der Waals surface area (Å²) in [7, 11) is 0. The molecule has 0 saturated carbocycles. The minimum Gasteiger partial charge on any atom is -0.386 e. The molecule has 0 fully saturated rings. The number of halogens is 1. The lowest BCUT2D eigenvalue weighted by Gasteiger charge is -2.32. The minimum atomic E-state index is -1.93. The van der Waals surface area contributed by atoms with E-state index in [4.69, 9.17) is 30.5 Å². The van der Waals surface area contributed by atoms with E-state index in [1.54, 1.807) is 60.7 Å². The van der Waals surface area contributed by atoms with Gasteiger partial charge in [0.25, 0.3) is 0 Å². The van der Waals surface area contributed by atoms with Crippen molar-refractivity contribution in [3.8, 4) is 23.0 Å². The third-order valence-electron chi connectivity index (χ3n) is 4.01. The molecule has 4 rings (SSSR count). The van der Waals surface area contributed by atoms with Crippen molar-refractivity contribution < 1.29 is 18.9 Å². The summed E-state index contributed by atoms with van der Waals surface area (Å²) in [5, 5.41) is 0.588. The van der Waals surface area contributed by atoms with E-state index in [9.17, 15) is 0 Å². The van der Waals surface area contributed by atoms with Crippen LogP contribution in [0.5, 0.6) is 23.0 Å². The molecule has 0 atom stereocenters. The highest BCUT2D eigenvalue weighted by Gasteiger charge is 2.43. The number of hydrogen-bond acceptors (Lipinski definition) is 4. The van der Waals surface area contributed by atoms with Crippen LogP contribution in [0.15, 0.2) is 115 Å². The summed E-state index contributed by atoms with van der Waals surface area (Å²) in [5.74, 6) is 2.00. The van der Waals surface area contributed by atoms with Gasteiger partial charge in [0.2, 0.25) is 0 Å².